The maximum atomic E-state index is 12.5. The summed E-state index contributed by atoms with van der Waals surface area (Å²) in [7, 11) is 1.80. The number of fused-ring (bicyclic) bond motifs is 1. The van der Waals surface area contributed by atoms with Crippen LogP contribution in [-0.2, 0) is 16.1 Å². The normalized spacial score (nSPS) is 10.8. The molecule has 0 spiro atoms. The summed E-state index contributed by atoms with van der Waals surface area (Å²) in [6.45, 7) is 6.79. The van der Waals surface area contributed by atoms with Gasteiger partial charge in [0.05, 0.1) is 12.0 Å². The molecule has 0 aliphatic carbocycles. The van der Waals surface area contributed by atoms with Crippen LogP contribution in [0.5, 0.6) is 0 Å². The van der Waals surface area contributed by atoms with Crippen LogP contribution < -0.4 is 5.32 Å². The van der Waals surface area contributed by atoms with Crippen molar-refractivity contribution in [2.24, 2.45) is 0 Å². The van der Waals surface area contributed by atoms with Gasteiger partial charge in [0, 0.05) is 26.6 Å². The summed E-state index contributed by atoms with van der Waals surface area (Å²) in [4.78, 5) is 36.7. The van der Waals surface area contributed by atoms with Crippen LogP contribution in [0.25, 0.3) is 10.2 Å². The van der Waals surface area contributed by atoms with Gasteiger partial charge in [-0.25, -0.2) is 14.8 Å². The van der Waals surface area contributed by atoms with Crippen molar-refractivity contribution in [3.8, 4) is 0 Å². The maximum absolute atomic E-state index is 12.5. The molecule has 7 nitrogen and oxygen atoms in total. The highest BCUT2D eigenvalue weighted by Gasteiger charge is 2.21. The number of carbonyl (C=O) groups is 2. The number of ether oxygens (including phenoxy) is 1. The quantitative estimate of drug-likeness (QED) is 0.549. The average molecular weight is 427 g/mol. The van der Waals surface area contributed by atoms with Gasteiger partial charge >= 0.3 is 5.97 Å². The first kappa shape index (κ1) is 21.7. The fourth-order valence-corrected chi connectivity index (χ4v) is 4.31. The highest BCUT2D eigenvalue weighted by molar-refractivity contribution is 7.20. The zero-order valence-corrected chi connectivity index (χ0v) is 18.5. The number of thiophene rings is 1. The molecule has 8 heteroatoms. The van der Waals surface area contributed by atoms with Crippen molar-refractivity contribution in [1.29, 1.82) is 0 Å². The molecule has 0 aliphatic rings. The van der Waals surface area contributed by atoms with Crippen molar-refractivity contribution < 1.29 is 14.3 Å². The lowest BCUT2D eigenvalue weighted by molar-refractivity contribution is -0.130. The first-order valence-electron chi connectivity index (χ1n) is 9.87. The zero-order chi connectivity index (χ0) is 21.7. The third-order valence-corrected chi connectivity index (χ3v) is 5.85. The van der Waals surface area contributed by atoms with Gasteiger partial charge in [0.25, 0.3) is 0 Å². The molecule has 1 amide bonds. The average Bonchev–Trinajstić information content (AvgIpc) is 3.05. The number of benzene rings is 1. The van der Waals surface area contributed by atoms with Crippen LogP contribution in [0, 0.1) is 13.8 Å². The minimum atomic E-state index is -0.348. The smallest absolute Gasteiger partial charge is 0.348 e. The molecule has 0 saturated heterocycles. The zero-order valence-electron chi connectivity index (χ0n) is 17.7. The second-order valence-electron chi connectivity index (χ2n) is 6.99. The highest BCUT2D eigenvalue weighted by Crippen LogP contribution is 2.34. The highest BCUT2D eigenvalue weighted by atomic mass is 32.1. The predicted octanol–water partition coefficient (Wildman–Crippen LogP) is 3.95. The molecule has 0 bridgehead atoms. The van der Waals surface area contributed by atoms with Crippen molar-refractivity contribution in [2.45, 2.75) is 33.7 Å². The van der Waals surface area contributed by atoms with Crippen molar-refractivity contribution in [3.63, 3.8) is 0 Å². The molecule has 2 aromatic heterocycles. The molecule has 0 fully saturated rings. The Balaban J connectivity index is 1.69. The number of esters is 1. The second-order valence-corrected chi connectivity index (χ2v) is 7.99. The summed E-state index contributed by atoms with van der Waals surface area (Å²) < 4.78 is 5.15. The number of rotatable bonds is 8. The Morgan fingerprint density at radius 2 is 1.90 bits per heavy atom. The molecule has 0 aliphatic heterocycles. The number of carbonyl (C=O) groups excluding carboxylic acids is 2. The van der Waals surface area contributed by atoms with Crippen LogP contribution in [0.15, 0.2) is 30.3 Å². The molecule has 0 radical (unpaired) electrons. The Labute approximate surface area is 180 Å². The number of anilines is 1. The van der Waals surface area contributed by atoms with Gasteiger partial charge in [0.2, 0.25) is 5.91 Å². The molecule has 1 aromatic carbocycles. The largest absolute Gasteiger partial charge is 0.462 e. The van der Waals surface area contributed by atoms with Gasteiger partial charge in [-0.3, -0.25) is 4.79 Å². The van der Waals surface area contributed by atoms with Crippen molar-refractivity contribution in [1.82, 2.24) is 14.9 Å². The van der Waals surface area contributed by atoms with Gasteiger partial charge in [0.15, 0.2) is 0 Å². The third-order valence-electron chi connectivity index (χ3n) is 4.68. The molecular formula is C22H26N4O3S. The van der Waals surface area contributed by atoms with Gasteiger partial charge in [-0.05, 0) is 31.9 Å². The van der Waals surface area contributed by atoms with Gasteiger partial charge in [-0.2, -0.15) is 0 Å². The van der Waals surface area contributed by atoms with Crippen LogP contribution in [0.2, 0.25) is 0 Å². The summed E-state index contributed by atoms with van der Waals surface area (Å²) in [5.41, 5.74) is 1.89. The molecule has 3 aromatic rings. The van der Waals surface area contributed by atoms with Crippen molar-refractivity contribution >= 4 is 39.2 Å². The molecule has 30 heavy (non-hydrogen) atoms. The molecule has 0 unspecified atom stereocenters. The Hall–Kier alpha value is -3.00. The summed E-state index contributed by atoms with van der Waals surface area (Å²) in [5, 5.41) is 4.06. The van der Waals surface area contributed by atoms with Crippen LogP contribution in [0.4, 0.5) is 5.82 Å². The van der Waals surface area contributed by atoms with Gasteiger partial charge in [-0.1, -0.05) is 30.3 Å². The number of hydrogen-bond donors (Lipinski definition) is 1. The van der Waals surface area contributed by atoms with Crippen LogP contribution in [0.1, 0.15) is 40.0 Å². The maximum Gasteiger partial charge on any atom is 0.348 e. The van der Waals surface area contributed by atoms with E-state index in [1.165, 1.54) is 11.3 Å². The standard InChI is InChI=1S/C22H26N4O3S/c1-5-29-22(28)19-14(2)18-20(24-15(3)25-21(18)30-19)23-12-11-17(27)26(4)13-16-9-7-6-8-10-16/h6-10H,5,11-13H2,1-4H3,(H,23,24,25). The summed E-state index contributed by atoms with van der Waals surface area (Å²) in [6, 6.07) is 9.89. The summed E-state index contributed by atoms with van der Waals surface area (Å²) in [6.07, 6.45) is 0.335. The van der Waals surface area contributed by atoms with Crippen LogP contribution in [0.3, 0.4) is 0 Å². The first-order valence-corrected chi connectivity index (χ1v) is 10.7. The van der Waals surface area contributed by atoms with E-state index in [4.69, 9.17) is 4.74 Å². The topological polar surface area (TPSA) is 84.4 Å². The number of hydrogen-bond acceptors (Lipinski definition) is 7. The van der Waals surface area contributed by atoms with Crippen molar-refractivity contribution in [2.75, 3.05) is 25.5 Å². The van der Waals surface area contributed by atoms with Gasteiger partial charge in [0.1, 0.15) is 21.3 Å². The SMILES string of the molecule is CCOC(=O)c1sc2nc(C)nc(NCCC(=O)N(C)Cc3ccccc3)c2c1C. The lowest BCUT2D eigenvalue weighted by atomic mass is 10.2. The number of aromatic nitrogens is 2. The van der Waals surface area contributed by atoms with E-state index < -0.39 is 0 Å². The molecular weight excluding hydrogens is 400 g/mol. The van der Waals surface area contributed by atoms with Gasteiger partial charge < -0.3 is 15.0 Å². The summed E-state index contributed by atoms with van der Waals surface area (Å²) in [5.74, 6) is 0.941. The monoisotopic (exact) mass is 426 g/mol. The number of nitrogens with one attached hydrogen (secondary N) is 1. The van der Waals surface area contributed by atoms with E-state index in [2.05, 4.69) is 15.3 Å². The molecule has 158 valence electrons. The van der Waals surface area contributed by atoms with E-state index in [1.54, 1.807) is 18.9 Å². The first-order chi connectivity index (χ1) is 14.4. The molecule has 3 rings (SSSR count). The van der Waals surface area contributed by atoms with E-state index in [0.29, 0.717) is 42.6 Å². The Kier molecular flexibility index (Phi) is 6.99. The van der Waals surface area contributed by atoms with E-state index >= 15 is 0 Å². The van der Waals surface area contributed by atoms with Crippen molar-refractivity contribution in [3.05, 3.63) is 52.2 Å². The van der Waals surface area contributed by atoms with Crippen LogP contribution in [-0.4, -0.2) is 46.9 Å². The minimum Gasteiger partial charge on any atom is -0.462 e. The lowest BCUT2D eigenvalue weighted by Crippen LogP contribution is -2.27. The molecule has 0 atom stereocenters. The van der Waals surface area contributed by atoms with Crippen LogP contribution >= 0.6 is 11.3 Å². The summed E-state index contributed by atoms with van der Waals surface area (Å²) >= 11 is 1.31. The van der Waals surface area contributed by atoms with E-state index in [0.717, 1.165) is 21.3 Å². The lowest BCUT2D eigenvalue weighted by Gasteiger charge is -2.17. The molecule has 1 N–H and O–H groups in total. The Bertz CT molecular complexity index is 1050. The second kappa shape index (κ2) is 9.67. The van der Waals surface area contributed by atoms with E-state index in [1.807, 2.05) is 44.2 Å². The van der Waals surface area contributed by atoms with Gasteiger partial charge in [-0.15, -0.1) is 11.3 Å². The van der Waals surface area contributed by atoms with E-state index in [9.17, 15) is 9.59 Å². The fourth-order valence-electron chi connectivity index (χ4n) is 3.19. The molecule has 0 saturated carbocycles. The Morgan fingerprint density at radius 3 is 2.60 bits per heavy atom. The number of amides is 1. The molecule has 2 heterocycles. The fraction of sp³-hybridized carbons (Fsp3) is 0.364. The predicted molar refractivity (Wildman–Crippen MR) is 119 cm³/mol. The number of nitrogens with zero attached hydrogens (tertiary/aromatic N) is 3. The number of aryl methyl sites for hydroxylation is 2. The minimum absolute atomic E-state index is 0.0441. The van der Waals surface area contributed by atoms with E-state index in [-0.39, 0.29) is 11.9 Å². The third kappa shape index (κ3) is 4.94. The Morgan fingerprint density at radius 1 is 1.17 bits per heavy atom.